The van der Waals surface area contributed by atoms with Crippen LogP contribution in [0.5, 0.6) is 0 Å². The Balaban J connectivity index is 2.28. The third kappa shape index (κ3) is 2.15. The SMILES string of the molecule is CCN(CC)C1=C2\C=CC3=C2\C(=C/C=C\C=C/1C)CC3=O. The molecule has 0 aliphatic heterocycles. The van der Waals surface area contributed by atoms with Gasteiger partial charge in [-0.25, -0.2) is 0 Å². The molecule has 0 radical (unpaired) electrons. The number of ketones is 1. The van der Waals surface area contributed by atoms with Crippen LogP contribution in [0.15, 0.2) is 70.0 Å². The summed E-state index contributed by atoms with van der Waals surface area (Å²) in [5, 5.41) is 0. The maximum absolute atomic E-state index is 12.2. The molecular weight excluding hydrogens is 258 g/mol. The molecule has 0 unspecified atom stereocenters. The van der Waals surface area contributed by atoms with Crippen molar-refractivity contribution in [3.05, 3.63) is 70.0 Å². The molecule has 3 aliphatic carbocycles. The Labute approximate surface area is 126 Å². The summed E-state index contributed by atoms with van der Waals surface area (Å²) in [6.45, 7) is 8.44. The van der Waals surface area contributed by atoms with Gasteiger partial charge < -0.3 is 4.90 Å². The van der Waals surface area contributed by atoms with E-state index in [0.29, 0.717) is 6.42 Å². The van der Waals surface area contributed by atoms with E-state index in [9.17, 15) is 4.79 Å². The van der Waals surface area contributed by atoms with E-state index in [1.54, 1.807) is 0 Å². The highest BCUT2D eigenvalue weighted by atomic mass is 16.1. The standard InChI is InChI=1S/C19H21NO/c1-4-20(5-2)19-13(3)8-6-7-9-14-12-17(21)15-10-11-16(19)18(14)15/h6-11H,4-5,12H2,1-3H3/b7-6-,8-6?,9-7?,13-8-,14-9-,19-13?,19-16-. The van der Waals surface area contributed by atoms with Crippen molar-refractivity contribution < 1.29 is 4.79 Å². The lowest BCUT2D eigenvalue weighted by atomic mass is 9.97. The fraction of sp³-hybridized carbons (Fsp3) is 0.316. The van der Waals surface area contributed by atoms with Crippen molar-refractivity contribution in [2.24, 2.45) is 0 Å². The third-order valence-electron chi connectivity index (χ3n) is 4.39. The predicted octanol–water partition coefficient (Wildman–Crippen LogP) is 3.86. The van der Waals surface area contributed by atoms with Gasteiger partial charge in [0.2, 0.25) is 0 Å². The number of rotatable bonds is 3. The molecule has 2 nitrogen and oxygen atoms in total. The topological polar surface area (TPSA) is 20.3 Å². The second-order valence-corrected chi connectivity index (χ2v) is 5.58. The number of carbonyl (C=O) groups excluding carboxylic acids is 1. The highest BCUT2D eigenvalue weighted by molar-refractivity contribution is 6.08. The van der Waals surface area contributed by atoms with Gasteiger partial charge in [-0.1, -0.05) is 36.5 Å². The van der Waals surface area contributed by atoms with Crippen LogP contribution in [0, 0.1) is 0 Å². The first-order chi connectivity index (χ1) is 10.2. The molecule has 0 fully saturated rings. The first-order valence-corrected chi connectivity index (χ1v) is 7.67. The Kier molecular flexibility index (Phi) is 3.54. The number of hydrogen-bond donors (Lipinski definition) is 0. The van der Waals surface area contributed by atoms with Crippen LogP contribution in [0.1, 0.15) is 27.2 Å². The van der Waals surface area contributed by atoms with E-state index in [-0.39, 0.29) is 5.78 Å². The predicted molar refractivity (Wildman–Crippen MR) is 86.7 cm³/mol. The van der Waals surface area contributed by atoms with Crippen LogP contribution < -0.4 is 0 Å². The average molecular weight is 279 g/mol. The van der Waals surface area contributed by atoms with Crippen molar-refractivity contribution in [1.29, 1.82) is 0 Å². The quantitative estimate of drug-likeness (QED) is 0.781. The maximum atomic E-state index is 12.2. The number of carbonyl (C=O) groups is 1. The van der Waals surface area contributed by atoms with Crippen LogP contribution in [0.3, 0.4) is 0 Å². The minimum Gasteiger partial charge on any atom is -0.371 e. The van der Waals surface area contributed by atoms with Gasteiger partial charge in [0, 0.05) is 36.4 Å². The minimum absolute atomic E-state index is 0.247. The van der Waals surface area contributed by atoms with Crippen molar-refractivity contribution in [3.8, 4) is 0 Å². The Morgan fingerprint density at radius 2 is 1.71 bits per heavy atom. The molecule has 0 saturated carbocycles. The van der Waals surface area contributed by atoms with Crippen molar-refractivity contribution in [2.45, 2.75) is 27.2 Å². The largest absolute Gasteiger partial charge is 0.371 e. The van der Waals surface area contributed by atoms with Crippen molar-refractivity contribution in [1.82, 2.24) is 4.90 Å². The molecule has 0 aromatic carbocycles. The van der Waals surface area contributed by atoms with E-state index in [0.717, 1.165) is 29.8 Å². The van der Waals surface area contributed by atoms with E-state index in [2.05, 4.69) is 50.0 Å². The summed E-state index contributed by atoms with van der Waals surface area (Å²) in [4.78, 5) is 14.6. The summed E-state index contributed by atoms with van der Waals surface area (Å²) in [5.41, 5.74) is 6.92. The highest BCUT2D eigenvalue weighted by Gasteiger charge is 2.33. The van der Waals surface area contributed by atoms with Crippen LogP contribution in [-0.4, -0.2) is 23.8 Å². The lowest BCUT2D eigenvalue weighted by Gasteiger charge is -2.27. The summed E-state index contributed by atoms with van der Waals surface area (Å²) in [6, 6.07) is 0. The monoisotopic (exact) mass is 279 g/mol. The Morgan fingerprint density at radius 1 is 1.05 bits per heavy atom. The molecule has 0 heterocycles. The average Bonchev–Trinajstić information content (AvgIpc) is 3.03. The Morgan fingerprint density at radius 3 is 2.43 bits per heavy atom. The molecule has 0 N–H and O–H groups in total. The fourth-order valence-corrected chi connectivity index (χ4v) is 3.38. The zero-order valence-corrected chi connectivity index (χ0v) is 12.9. The van der Waals surface area contributed by atoms with Gasteiger partial charge in [0.1, 0.15) is 0 Å². The van der Waals surface area contributed by atoms with Gasteiger partial charge in [0.05, 0.1) is 0 Å². The molecule has 0 atom stereocenters. The molecule has 21 heavy (non-hydrogen) atoms. The third-order valence-corrected chi connectivity index (χ3v) is 4.39. The number of hydrogen-bond acceptors (Lipinski definition) is 2. The molecule has 0 saturated heterocycles. The number of Topliss-reactive ketones (excluding diaryl/α,β-unsaturated/α-hetero) is 1. The molecule has 3 rings (SSSR count). The van der Waals surface area contributed by atoms with E-state index in [1.165, 1.54) is 16.8 Å². The number of allylic oxidation sites excluding steroid dienone is 11. The van der Waals surface area contributed by atoms with E-state index < -0.39 is 0 Å². The van der Waals surface area contributed by atoms with Gasteiger partial charge in [0.15, 0.2) is 5.78 Å². The first-order valence-electron chi connectivity index (χ1n) is 7.67. The van der Waals surface area contributed by atoms with Crippen LogP contribution in [0.2, 0.25) is 0 Å². The first kappa shape index (κ1) is 13.9. The van der Waals surface area contributed by atoms with Crippen molar-refractivity contribution in [2.75, 3.05) is 13.1 Å². The van der Waals surface area contributed by atoms with Gasteiger partial charge in [-0.3, -0.25) is 4.79 Å². The molecule has 0 aromatic rings. The summed E-state index contributed by atoms with van der Waals surface area (Å²) < 4.78 is 0. The minimum atomic E-state index is 0.247. The molecule has 0 spiro atoms. The van der Waals surface area contributed by atoms with E-state index in [4.69, 9.17) is 0 Å². The lowest BCUT2D eigenvalue weighted by Crippen LogP contribution is -2.24. The molecule has 3 aliphatic rings. The summed E-state index contributed by atoms with van der Waals surface area (Å²) >= 11 is 0. The van der Waals surface area contributed by atoms with E-state index in [1.807, 2.05) is 12.2 Å². The van der Waals surface area contributed by atoms with Gasteiger partial charge in [-0.2, -0.15) is 0 Å². The molecule has 0 aromatic heterocycles. The van der Waals surface area contributed by atoms with Crippen molar-refractivity contribution >= 4 is 5.78 Å². The second kappa shape index (κ2) is 5.36. The Hall–Kier alpha value is -2.09. The van der Waals surface area contributed by atoms with E-state index >= 15 is 0 Å². The lowest BCUT2D eigenvalue weighted by molar-refractivity contribution is -0.114. The molecule has 0 amide bonds. The summed E-state index contributed by atoms with van der Waals surface area (Å²) in [7, 11) is 0. The van der Waals surface area contributed by atoms with Crippen LogP contribution in [0.25, 0.3) is 0 Å². The van der Waals surface area contributed by atoms with Crippen LogP contribution in [-0.2, 0) is 4.79 Å². The van der Waals surface area contributed by atoms with Crippen LogP contribution >= 0.6 is 0 Å². The Bertz CT molecular complexity index is 676. The zero-order valence-electron chi connectivity index (χ0n) is 12.9. The van der Waals surface area contributed by atoms with Gasteiger partial charge in [0.25, 0.3) is 0 Å². The van der Waals surface area contributed by atoms with Gasteiger partial charge in [-0.15, -0.1) is 0 Å². The van der Waals surface area contributed by atoms with Crippen molar-refractivity contribution in [3.63, 3.8) is 0 Å². The normalized spacial score (nSPS) is 30.1. The smallest absolute Gasteiger partial charge is 0.167 e. The second-order valence-electron chi connectivity index (χ2n) is 5.58. The molecule has 108 valence electrons. The molecule has 2 heteroatoms. The van der Waals surface area contributed by atoms with Crippen LogP contribution in [0.4, 0.5) is 0 Å². The number of likely N-dealkylation sites (N-methyl/N-ethyl adjacent to an activating group) is 1. The summed E-state index contributed by atoms with van der Waals surface area (Å²) in [5.74, 6) is 0.247. The van der Waals surface area contributed by atoms with Gasteiger partial charge in [-0.05, 0) is 37.5 Å². The fourth-order valence-electron chi connectivity index (χ4n) is 3.38. The highest BCUT2D eigenvalue weighted by Crippen LogP contribution is 2.42. The number of nitrogens with zero attached hydrogens (tertiary/aromatic N) is 1. The maximum Gasteiger partial charge on any atom is 0.167 e. The molecule has 0 bridgehead atoms. The van der Waals surface area contributed by atoms with Gasteiger partial charge >= 0.3 is 0 Å². The zero-order chi connectivity index (χ0) is 15.0. The summed E-state index contributed by atoms with van der Waals surface area (Å²) in [6.07, 6.45) is 13.0. The molecular formula is C19H21NO.